The van der Waals surface area contributed by atoms with Crippen LogP contribution in [0.4, 0.5) is 0 Å². The Hall–Kier alpha value is -7.89. The Labute approximate surface area is 335 Å². The van der Waals surface area contributed by atoms with Crippen LogP contribution in [0.5, 0.6) is 0 Å². The maximum absolute atomic E-state index is 5.41. The number of rotatable bonds is 6. The molecule has 3 heterocycles. The zero-order chi connectivity index (χ0) is 38.4. The van der Waals surface area contributed by atoms with Crippen molar-refractivity contribution in [3.8, 4) is 67.8 Å². The van der Waals surface area contributed by atoms with Crippen LogP contribution in [0.1, 0.15) is 0 Å². The molecule has 0 aliphatic heterocycles. The first-order valence-electron chi connectivity index (χ1n) is 19.4. The number of nitrogens with zero attached hydrogens (tertiary/aromatic N) is 5. The molecule has 0 fully saturated rings. The van der Waals surface area contributed by atoms with Gasteiger partial charge >= 0.3 is 0 Å². The van der Waals surface area contributed by atoms with Gasteiger partial charge in [0.2, 0.25) is 0 Å². The van der Waals surface area contributed by atoms with E-state index in [1.807, 2.05) is 72.8 Å². The fraction of sp³-hybridized carbons (Fsp3) is 0. The van der Waals surface area contributed by atoms with Crippen LogP contribution in [0, 0.1) is 0 Å². The Morgan fingerprint density at radius 2 is 0.741 bits per heavy atom. The van der Waals surface area contributed by atoms with Crippen molar-refractivity contribution >= 4 is 43.4 Å². The van der Waals surface area contributed by atoms with Crippen LogP contribution in [-0.4, -0.2) is 24.9 Å². The molecule has 270 valence electrons. The van der Waals surface area contributed by atoms with E-state index in [-0.39, 0.29) is 0 Å². The topological polar surface area (TPSA) is 64.5 Å². The minimum Gasteiger partial charge on any atom is -0.248 e. The van der Waals surface area contributed by atoms with Gasteiger partial charge in [0.05, 0.1) is 22.4 Å². The van der Waals surface area contributed by atoms with Crippen LogP contribution < -0.4 is 0 Å². The van der Waals surface area contributed by atoms with Gasteiger partial charge in [0.15, 0.2) is 17.5 Å². The Morgan fingerprint density at radius 3 is 1.38 bits per heavy atom. The molecule has 11 aromatic rings. The van der Waals surface area contributed by atoms with Crippen LogP contribution >= 0.6 is 0 Å². The van der Waals surface area contributed by atoms with Crippen molar-refractivity contribution in [2.75, 3.05) is 0 Å². The molecule has 0 radical (unpaired) electrons. The monoisotopic (exact) mass is 739 g/mol. The fourth-order valence-corrected chi connectivity index (χ4v) is 7.97. The van der Waals surface area contributed by atoms with Crippen molar-refractivity contribution in [1.29, 1.82) is 0 Å². The Balaban J connectivity index is 1.00. The van der Waals surface area contributed by atoms with Gasteiger partial charge in [0.1, 0.15) is 0 Å². The van der Waals surface area contributed by atoms with Crippen molar-refractivity contribution in [2.24, 2.45) is 0 Å². The molecule has 0 atom stereocenters. The van der Waals surface area contributed by atoms with Gasteiger partial charge in [-0.2, -0.15) is 0 Å². The number of benzene rings is 8. The van der Waals surface area contributed by atoms with E-state index < -0.39 is 0 Å². The van der Waals surface area contributed by atoms with Gasteiger partial charge < -0.3 is 0 Å². The molecule has 5 nitrogen and oxygen atoms in total. The molecule has 0 N–H and O–H groups in total. The highest BCUT2D eigenvalue weighted by Gasteiger charge is 2.17. The first-order chi connectivity index (χ1) is 28.7. The van der Waals surface area contributed by atoms with Gasteiger partial charge in [-0.25, -0.2) is 24.9 Å². The second-order valence-corrected chi connectivity index (χ2v) is 14.5. The summed E-state index contributed by atoms with van der Waals surface area (Å²) in [6, 6.07) is 69.3. The molecule has 11 rings (SSSR count). The highest BCUT2D eigenvalue weighted by Crippen LogP contribution is 2.39. The normalized spacial score (nSPS) is 11.4. The van der Waals surface area contributed by atoms with E-state index in [1.54, 1.807) is 0 Å². The van der Waals surface area contributed by atoms with Gasteiger partial charge in [-0.15, -0.1) is 0 Å². The summed E-state index contributed by atoms with van der Waals surface area (Å²) in [6.45, 7) is 0. The molecule has 0 saturated carbocycles. The first kappa shape index (κ1) is 33.4. The molecule has 0 aliphatic carbocycles. The number of hydrogen-bond acceptors (Lipinski definition) is 5. The minimum absolute atomic E-state index is 0.640. The third-order valence-corrected chi connectivity index (χ3v) is 10.9. The zero-order valence-electron chi connectivity index (χ0n) is 31.3. The fourth-order valence-electron chi connectivity index (χ4n) is 7.97. The summed E-state index contributed by atoms with van der Waals surface area (Å²) in [5.41, 5.74) is 11.1. The van der Waals surface area contributed by atoms with Gasteiger partial charge in [-0.3, -0.25) is 0 Å². The predicted octanol–water partition coefficient (Wildman–Crippen LogP) is 13.3. The lowest BCUT2D eigenvalue weighted by atomic mass is 9.94. The average Bonchev–Trinajstić information content (AvgIpc) is 3.31. The lowest BCUT2D eigenvalue weighted by Crippen LogP contribution is -2.00. The summed E-state index contributed by atoms with van der Waals surface area (Å²) in [5.74, 6) is 1.94. The van der Waals surface area contributed by atoms with E-state index in [2.05, 4.69) is 127 Å². The summed E-state index contributed by atoms with van der Waals surface area (Å²) in [6.07, 6.45) is 0. The van der Waals surface area contributed by atoms with Crippen molar-refractivity contribution in [3.05, 3.63) is 200 Å². The summed E-state index contributed by atoms with van der Waals surface area (Å²) >= 11 is 0. The van der Waals surface area contributed by atoms with Gasteiger partial charge in [-0.1, -0.05) is 164 Å². The van der Waals surface area contributed by atoms with Crippen LogP contribution in [-0.2, 0) is 0 Å². The third-order valence-electron chi connectivity index (χ3n) is 10.9. The van der Waals surface area contributed by atoms with Crippen molar-refractivity contribution in [2.45, 2.75) is 0 Å². The first-order valence-corrected chi connectivity index (χ1v) is 19.4. The molecular weight excluding hydrogens is 707 g/mol. The van der Waals surface area contributed by atoms with E-state index in [4.69, 9.17) is 24.9 Å². The number of aromatic nitrogens is 5. The second kappa shape index (κ2) is 14.0. The molecule has 0 bridgehead atoms. The SMILES string of the molecule is c1ccc(-c2ccc3c(ccc4c5ccc(-c6ccc7cc(-c8nc(-c9ccccc9)nc(-c9ccccc9)n8)ccc7c6)cc5nc(-c5ccccc5)c34)n2)cc1. The average molecular weight is 740 g/mol. The van der Waals surface area contributed by atoms with E-state index in [1.165, 1.54) is 0 Å². The second-order valence-electron chi connectivity index (χ2n) is 14.5. The molecule has 0 amide bonds. The number of hydrogen-bond donors (Lipinski definition) is 0. The molecular formula is C53H33N5. The van der Waals surface area contributed by atoms with Gasteiger partial charge in [-0.05, 0) is 63.7 Å². The number of pyridine rings is 2. The standard InChI is InChI=1S/C53H33N5/c1-5-13-34(14-6-1)46-29-28-45-47(54-46)30-27-44-43-26-25-41(33-48(43)55-50(49(44)45)35-15-7-2-8-16-35)39-21-22-40-32-42(24-23-38(40)31-39)53-57-51(36-17-9-3-10-18-36)56-52(58-53)37-19-11-4-12-20-37/h1-33H. The molecule has 8 aromatic carbocycles. The summed E-state index contributed by atoms with van der Waals surface area (Å²) < 4.78 is 0. The van der Waals surface area contributed by atoms with E-state index in [0.717, 1.165) is 93.7 Å². The van der Waals surface area contributed by atoms with Gasteiger partial charge in [0.25, 0.3) is 0 Å². The molecule has 58 heavy (non-hydrogen) atoms. The van der Waals surface area contributed by atoms with E-state index in [9.17, 15) is 0 Å². The van der Waals surface area contributed by atoms with Crippen LogP contribution in [0.15, 0.2) is 200 Å². The molecule has 0 unspecified atom stereocenters. The molecule has 0 saturated heterocycles. The van der Waals surface area contributed by atoms with Crippen LogP contribution in [0.25, 0.3) is 111 Å². The highest BCUT2D eigenvalue weighted by atomic mass is 15.0. The Bertz CT molecular complexity index is 3260. The molecule has 3 aromatic heterocycles. The van der Waals surface area contributed by atoms with Crippen LogP contribution in [0.3, 0.4) is 0 Å². The minimum atomic E-state index is 0.640. The maximum atomic E-state index is 5.41. The van der Waals surface area contributed by atoms with Crippen molar-refractivity contribution < 1.29 is 0 Å². The van der Waals surface area contributed by atoms with Crippen molar-refractivity contribution in [3.63, 3.8) is 0 Å². The van der Waals surface area contributed by atoms with Crippen molar-refractivity contribution in [1.82, 2.24) is 24.9 Å². The van der Waals surface area contributed by atoms with E-state index >= 15 is 0 Å². The Morgan fingerprint density at radius 1 is 0.259 bits per heavy atom. The molecule has 0 aliphatic rings. The quantitative estimate of drug-likeness (QED) is 0.159. The predicted molar refractivity (Wildman–Crippen MR) is 238 cm³/mol. The van der Waals surface area contributed by atoms with E-state index in [0.29, 0.717) is 17.5 Å². The lowest BCUT2D eigenvalue weighted by Gasteiger charge is -2.14. The highest BCUT2D eigenvalue weighted by molar-refractivity contribution is 6.21. The van der Waals surface area contributed by atoms with Gasteiger partial charge in [0, 0.05) is 44.0 Å². The lowest BCUT2D eigenvalue weighted by molar-refractivity contribution is 1.07. The summed E-state index contributed by atoms with van der Waals surface area (Å²) in [4.78, 5) is 25.3. The largest absolute Gasteiger partial charge is 0.248 e. The smallest absolute Gasteiger partial charge is 0.164 e. The van der Waals surface area contributed by atoms with Crippen LogP contribution in [0.2, 0.25) is 0 Å². The Kier molecular flexibility index (Phi) is 8.07. The number of fused-ring (bicyclic) bond motifs is 6. The maximum Gasteiger partial charge on any atom is 0.164 e. The summed E-state index contributed by atoms with van der Waals surface area (Å²) in [5, 5.41) is 6.71. The molecule has 0 spiro atoms. The molecule has 5 heteroatoms. The zero-order valence-corrected chi connectivity index (χ0v) is 31.3. The third kappa shape index (κ3) is 6.03. The summed E-state index contributed by atoms with van der Waals surface area (Å²) in [7, 11) is 0.